The van der Waals surface area contributed by atoms with Crippen molar-refractivity contribution in [3.8, 4) is 5.75 Å². The van der Waals surface area contributed by atoms with E-state index in [1.165, 1.54) is 12.1 Å². The SMILES string of the molecule is C[C@@H]1C[C@H](n2c(Nc3ccc(OC(F)(F)F)cc3)nc3cc(NC(=O)C4CC4)ccc32)CC(C)(C)C1. The van der Waals surface area contributed by atoms with Gasteiger partial charge >= 0.3 is 6.36 Å². The molecule has 2 aliphatic rings. The number of rotatable bonds is 6. The third-order valence-corrected chi connectivity index (χ3v) is 6.98. The van der Waals surface area contributed by atoms with Crippen LogP contribution in [0.25, 0.3) is 11.0 Å². The molecule has 0 unspecified atom stereocenters. The summed E-state index contributed by atoms with van der Waals surface area (Å²) in [6.07, 6.45) is 0.257. The van der Waals surface area contributed by atoms with Gasteiger partial charge in [-0.25, -0.2) is 4.98 Å². The number of aromatic nitrogens is 2. The Morgan fingerprint density at radius 2 is 1.78 bits per heavy atom. The topological polar surface area (TPSA) is 68.2 Å². The average Bonchev–Trinajstić information content (AvgIpc) is 3.54. The lowest BCUT2D eigenvalue weighted by atomic mass is 9.70. The van der Waals surface area contributed by atoms with Crippen LogP contribution in [0.3, 0.4) is 0 Å². The molecule has 0 saturated heterocycles. The summed E-state index contributed by atoms with van der Waals surface area (Å²) in [6, 6.07) is 11.6. The zero-order chi connectivity index (χ0) is 25.7. The second-order valence-electron chi connectivity index (χ2n) is 11.0. The van der Waals surface area contributed by atoms with Crippen molar-refractivity contribution in [3.05, 3.63) is 42.5 Å². The molecule has 0 spiro atoms. The van der Waals surface area contributed by atoms with Gasteiger partial charge in [-0.05, 0) is 85.9 Å². The third-order valence-electron chi connectivity index (χ3n) is 6.98. The summed E-state index contributed by atoms with van der Waals surface area (Å²) in [6.45, 7) is 6.84. The summed E-state index contributed by atoms with van der Waals surface area (Å²) >= 11 is 0. The maximum Gasteiger partial charge on any atom is 0.573 e. The minimum Gasteiger partial charge on any atom is -0.406 e. The number of hydrogen-bond donors (Lipinski definition) is 2. The first-order chi connectivity index (χ1) is 17.0. The van der Waals surface area contributed by atoms with E-state index < -0.39 is 6.36 Å². The molecular formula is C27H31F3N4O2. The van der Waals surface area contributed by atoms with Crippen LogP contribution in [0.1, 0.15) is 58.9 Å². The lowest BCUT2D eigenvalue weighted by Crippen LogP contribution is -2.29. The zero-order valence-electron chi connectivity index (χ0n) is 20.7. The van der Waals surface area contributed by atoms with Crippen LogP contribution in [0.4, 0.5) is 30.5 Å². The van der Waals surface area contributed by atoms with Gasteiger partial charge in [0.25, 0.3) is 0 Å². The monoisotopic (exact) mass is 500 g/mol. The van der Waals surface area contributed by atoms with Gasteiger partial charge in [-0.2, -0.15) is 0 Å². The molecule has 2 atom stereocenters. The Hall–Kier alpha value is -3.23. The van der Waals surface area contributed by atoms with Gasteiger partial charge in [-0.3, -0.25) is 4.79 Å². The molecule has 2 N–H and O–H groups in total. The minimum atomic E-state index is -4.74. The normalized spacial score (nSPS) is 21.8. The number of halogens is 3. The maximum atomic E-state index is 12.5. The molecule has 6 nitrogen and oxygen atoms in total. The first kappa shape index (κ1) is 24.5. The molecular weight excluding hydrogens is 469 g/mol. The molecule has 2 aliphatic carbocycles. The number of alkyl halides is 3. The molecule has 2 saturated carbocycles. The Labute approximate surface area is 208 Å². The average molecular weight is 501 g/mol. The molecule has 0 bridgehead atoms. The Morgan fingerprint density at radius 3 is 2.42 bits per heavy atom. The van der Waals surface area contributed by atoms with Crippen molar-refractivity contribution in [1.82, 2.24) is 9.55 Å². The van der Waals surface area contributed by atoms with Crippen LogP contribution in [-0.2, 0) is 4.79 Å². The molecule has 2 fully saturated rings. The summed E-state index contributed by atoms with van der Waals surface area (Å²) in [5, 5.41) is 6.29. The van der Waals surface area contributed by atoms with Crippen molar-refractivity contribution in [2.75, 3.05) is 10.6 Å². The van der Waals surface area contributed by atoms with Crippen molar-refractivity contribution in [1.29, 1.82) is 0 Å². The standard InChI is InChI=1S/C27H31F3N4O2/c1-16-12-20(15-26(2,3)14-16)34-23-11-8-19(31-24(35)17-4-5-17)13-22(23)33-25(34)32-18-6-9-21(10-7-18)36-27(28,29)30/h6-11,13,16-17,20H,4-5,12,14-15H2,1-3H3,(H,31,35)(H,32,33)/t16-,20+/m1/s1. The summed E-state index contributed by atoms with van der Waals surface area (Å²) in [7, 11) is 0. The summed E-state index contributed by atoms with van der Waals surface area (Å²) in [4.78, 5) is 17.1. The molecule has 9 heteroatoms. The second kappa shape index (κ2) is 9.01. The van der Waals surface area contributed by atoms with Gasteiger partial charge in [0, 0.05) is 23.3 Å². The number of nitrogens with one attached hydrogen (secondary N) is 2. The van der Waals surface area contributed by atoms with E-state index in [9.17, 15) is 18.0 Å². The van der Waals surface area contributed by atoms with E-state index in [0.717, 1.165) is 43.1 Å². The molecule has 3 aromatic rings. The minimum absolute atomic E-state index is 0.0381. The van der Waals surface area contributed by atoms with Crippen LogP contribution in [0.2, 0.25) is 0 Å². The fourth-order valence-electron chi connectivity index (χ4n) is 5.59. The number of hydrogen-bond acceptors (Lipinski definition) is 4. The number of ether oxygens (including phenoxy) is 1. The molecule has 0 aliphatic heterocycles. The van der Waals surface area contributed by atoms with Gasteiger partial charge in [-0.1, -0.05) is 20.8 Å². The highest BCUT2D eigenvalue weighted by molar-refractivity contribution is 5.96. The van der Waals surface area contributed by atoms with E-state index in [2.05, 4.69) is 40.7 Å². The van der Waals surface area contributed by atoms with Crippen LogP contribution in [0, 0.1) is 17.3 Å². The molecule has 192 valence electrons. The highest BCUT2D eigenvalue weighted by atomic mass is 19.4. The number of benzene rings is 2. The van der Waals surface area contributed by atoms with Crippen LogP contribution < -0.4 is 15.4 Å². The van der Waals surface area contributed by atoms with Gasteiger partial charge < -0.3 is 19.9 Å². The number of carbonyl (C=O) groups excluding carboxylic acids is 1. The fraction of sp³-hybridized carbons (Fsp3) is 0.481. The third kappa shape index (κ3) is 5.60. The zero-order valence-corrected chi connectivity index (χ0v) is 20.7. The van der Waals surface area contributed by atoms with Crippen LogP contribution in [-0.4, -0.2) is 21.8 Å². The highest BCUT2D eigenvalue weighted by Crippen LogP contribution is 2.46. The highest BCUT2D eigenvalue weighted by Gasteiger charge is 2.35. The van der Waals surface area contributed by atoms with Crippen LogP contribution >= 0.6 is 0 Å². The Bertz CT molecular complexity index is 1260. The summed E-state index contributed by atoms with van der Waals surface area (Å²) < 4.78 is 43.8. The van der Waals surface area contributed by atoms with Crippen LogP contribution in [0.15, 0.2) is 42.5 Å². The van der Waals surface area contributed by atoms with Crippen molar-refractivity contribution < 1.29 is 22.7 Å². The smallest absolute Gasteiger partial charge is 0.406 e. The van der Waals surface area contributed by atoms with Crippen molar-refractivity contribution in [2.45, 2.75) is 65.3 Å². The molecule has 1 heterocycles. The second-order valence-corrected chi connectivity index (χ2v) is 11.0. The first-order valence-corrected chi connectivity index (χ1v) is 12.4. The van der Waals surface area contributed by atoms with E-state index in [0.29, 0.717) is 23.2 Å². The number of anilines is 3. The Morgan fingerprint density at radius 1 is 1.08 bits per heavy atom. The number of nitrogens with zero attached hydrogens (tertiary/aromatic N) is 2. The van der Waals surface area contributed by atoms with Gasteiger partial charge in [0.2, 0.25) is 11.9 Å². The van der Waals surface area contributed by atoms with E-state index in [1.807, 2.05) is 18.2 Å². The van der Waals surface area contributed by atoms with E-state index in [4.69, 9.17) is 4.98 Å². The van der Waals surface area contributed by atoms with Gasteiger partial charge in [0.05, 0.1) is 11.0 Å². The Kier molecular flexibility index (Phi) is 6.12. The van der Waals surface area contributed by atoms with E-state index >= 15 is 0 Å². The predicted molar refractivity (Wildman–Crippen MR) is 133 cm³/mol. The molecule has 1 amide bonds. The van der Waals surface area contributed by atoms with Gasteiger partial charge in [-0.15, -0.1) is 13.2 Å². The first-order valence-electron chi connectivity index (χ1n) is 12.4. The van der Waals surface area contributed by atoms with Crippen molar-refractivity contribution in [2.24, 2.45) is 17.3 Å². The molecule has 5 rings (SSSR count). The molecule has 0 radical (unpaired) electrons. The lowest BCUT2D eigenvalue weighted by Gasteiger charge is -2.40. The largest absolute Gasteiger partial charge is 0.573 e. The van der Waals surface area contributed by atoms with Crippen molar-refractivity contribution >= 4 is 34.3 Å². The lowest BCUT2D eigenvalue weighted by molar-refractivity contribution is -0.274. The fourth-order valence-corrected chi connectivity index (χ4v) is 5.59. The predicted octanol–water partition coefficient (Wildman–Crippen LogP) is 7.41. The van der Waals surface area contributed by atoms with Gasteiger partial charge in [0.1, 0.15) is 5.75 Å². The van der Waals surface area contributed by atoms with E-state index in [-0.39, 0.29) is 29.0 Å². The number of amides is 1. The van der Waals surface area contributed by atoms with Gasteiger partial charge in [0.15, 0.2) is 0 Å². The number of carbonyl (C=O) groups is 1. The summed E-state index contributed by atoms with van der Waals surface area (Å²) in [5.41, 5.74) is 3.19. The number of imidazole rings is 1. The maximum absolute atomic E-state index is 12.5. The molecule has 36 heavy (non-hydrogen) atoms. The number of fused-ring (bicyclic) bond motifs is 1. The van der Waals surface area contributed by atoms with Crippen LogP contribution in [0.5, 0.6) is 5.75 Å². The molecule has 1 aromatic heterocycles. The van der Waals surface area contributed by atoms with E-state index in [1.54, 1.807) is 12.1 Å². The quantitative estimate of drug-likeness (QED) is 0.370. The Balaban J connectivity index is 1.49. The molecule has 2 aromatic carbocycles. The van der Waals surface area contributed by atoms with Crippen molar-refractivity contribution in [3.63, 3.8) is 0 Å². The summed E-state index contributed by atoms with van der Waals surface area (Å²) in [5.74, 6) is 1.03.